The fourth-order valence-electron chi connectivity index (χ4n) is 3.99. The van der Waals surface area contributed by atoms with E-state index < -0.39 is 11.6 Å². The predicted molar refractivity (Wildman–Crippen MR) is 108 cm³/mol. The first kappa shape index (κ1) is 19.7. The number of rotatable bonds is 6. The summed E-state index contributed by atoms with van der Waals surface area (Å²) in [5.74, 6) is 0.384. The molecule has 1 N–H and O–H groups in total. The highest BCUT2D eigenvalue weighted by Gasteiger charge is 2.51. The largest absolute Gasteiger partial charge is 0.467 e. The first-order valence-electron chi connectivity index (χ1n) is 9.76. The first-order chi connectivity index (χ1) is 14.0. The van der Waals surface area contributed by atoms with Gasteiger partial charge in [-0.2, -0.15) is 0 Å². The molecule has 0 radical (unpaired) electrons. The molecule has 1 fully saturated rings. The van der Waals surface area contributed by atoms with Crippen LogP contribution >= 0.6 is 11.6 Å². The molecule has 0 aliphatic carbocycles. The van der Waals surface area contributed by atoms with Gasteiger partial charge in [0.1, 0.15) is 11.3 Å². The average molecular weight is 415 g/mol. The Bertz CT molecular complexity index is 934. The van der Waals surface area contributed by atoms with Crippen LogP contribution in [0.2, 0.25) is 5.02 Å². The Balaban J connectivity index is 1.69. The lowest BCUT2D eigenvalue weighted by Gasteiger charge is -2.27. The number of carbonyl (C=O) groups excluding carboxylic acids is 2. The Morgan fingerprint density at radius 2 is 2.00 bits per heavy atom. The number of carbonyl (C=O) groups is 2. The van der Waals surface area contributed by atoms with Gasteiger partial charge >= 0.3 is 6.03 Å². The maximum Gasteiger partial charge on any atom is 0.325 e. The zero-order valence-electron chi connectivity index (χ0n) is 16.2. The molecule has 1 atom stereocenters. The quantitative estimate of drug-likeness (QED) is 0.714. The van der Waals surface area contributed by atoms with Crippen molar-refractivity contribution in [2.24, 2.45) is 0 Å². The van der Waals surface area contributed by atoms with Gasteiger partial charge in [0, 0.05) is 16.1 Å². The number of unbranched alkanes of at least 4 members (excludes halogenated alkanes) is 1. The molecule has 2 aromatic carbocycles. The molecule has 2 aliphatic rings. The Morgan fingerprint density at radius 3 is 2.76 bits per heavy atom. The number of urea groups is 1. The lowest BCUT2D eigenvalue weighted by molar-refractivity contribution is -0.132. The normalized spacial score (nSPS) is 21.0. The van der Waals surface area contributed by atoms with Gasteiger partial charge in [-0.3, -0.25) is 9.69 Å². The van der Waals surface area contributed by atoms with Crippen LogP contribution in [-0.2, 0) is 28.2 Å². The van der Waals surface area contributed by atoms with Crippen LogP contribution in [0.1, 0.15) is 42.9 Å². The van der Waals surface area contributed by atoms with Gasteiger partial charge < -0.3 is 14.8 Å². The predicted octanol–water partition coefficient (Wildman–Crippen LogP) is 4.34. The number of hydrogen-bond acceptors (Lipinski definition) is 4. The second kappa shape index (κ2) is 8.05. The topological polar surface area (TPSA) is 67.9 Å². The highest BCUT2D eigenvalue weighted by Crippen LogP contribution is 2.37. The van der Waals surface area contributed by atoms with Crippen LogP contribution in [0.3, 0.4) is 0 Å². The molecular weight excluding hydrogens is 392 g/mol. The van der Waals surface area contributed by atoms with E-state index >= 15 is 0 Å². The minimum Gasteiger partial charge on any atom is -0.467 e. The van der Waals surface area contributed by atoms with Crippen molar-refractivity contribution in [3.8, 4) is 5.75 Å². The van der Waals surface area contributed by atoms with Crippen molar-refractivity contribution in [1.29, 1.82) is 0 Å². The molecule has 0 aromatic heterocycles. The maximum atomic E-state index is 13.5. The van der Waals surface area contributed by atoms with E-state index in [-0.39, 0.29) is 19.2 Å². The van der Waals surface area contributed by atoms with E-state index in [0.29, 0.717) is 29.4 Å². The van der Waals surface area contributed by atoms with Gasteiger partial charge in [0.05, 0.1) is 13.2 Å². The van der Waals surface area contributed by atoms with Gasteiger partial charge in [0.15, 0.2) is 6.79 Å². The molecule has 0 spiro atoms. The molecule has 3 amide bonds. The number of amides is 3. The van der Waals surface area contributed by atoms with Crippen molar-refractivity contribution in [2.45, 2.75) is 44.9 Å². The minimum atomic E-state index is -1.04. The third kappa shape index (κ3) is 3.58. The molecule has 0 bridgehead atoms. The van der Waals surface area contributed by atoms with Crippen molar-refractivity contribution in [2.75, 3.05) is 6.79 Å². The summed E-state index contributed by atoms with van der Waals surface area (Å²) in [5.41, 5.74) is 1.26. The summed E-state index contributed by atoms with van der Waals surface area (Å²) in [5, 5.41) is 3.49. The lowest BCUT2D eigenvalue weighted by atomic mass is 9.85. The van der Waals surface area contributed by atoms with Crippen molar-refractivity contribution >= 4 is 23.5 Å². The van der Waals surface area contributed by atoms with E-state index in [9.17, 15) is 9.59 Å². The Labute approximate surface area is 174 Å². The maximum absolute atomic E-state index is 13.5. The van der Waals surface area contributed by atoms with Crippen LogP contribution in [0.15, 0.2) is 42.5 Å². The fraction of sp³-hybridized carbons (Fsp3) is 0.364. The molecule has 0 saturated carbocycles. The average Bonchev–Trinajstić information content (AvgIpc) is 2.98. The molecule has 2 heterocycles. The Kier molecular flexibility index (Phi) is 5.48. The second-order valence-corrected chi connectivity index (χ2v) is 7.80. The van der Waals surface area contributed by atoms with Gasteiger partial charge in [-0.15, -0.1) is 0 Å². The Hall–Kier alpha value is -2.57. The number of halogens is 1. The zero-order valence-corrected chi connectivity index (χ0v) is 17.0. The zero-order chi connectivity index (χ0) is 20.4. The third-order valence-corrected chi connectivity index (χ3v) is 5.65. The van der Waals surface area contributed by atoms with Gasteiger partial charge in [-0.25, -0.2) is 4.79 Å². The summed E-state index contributed by atoms with van der Waals surface area (Å²) in [7, 11) is 0. The molecular formula is C22H23ClN2O4. The first-order valence-corrected chi connectivity index (χ1v) is 10.1. The van der Waals surface area contributed by atoms with Crippen LogP contribution in [0.25, 0.3) is 0 Å². The van der Waals surface area contributed by atoms with Crippen molar-refractivity contribution < 1.29 is 19.1 Å². The SMILES string of the molecule is CCCC[C@]1(c2ccccc2)NC(=O)N(Cc2cc(Cl)cc3c2OCOC3)C1=O. The molecule has 7 heteroatoms. The number of nitrogens with zero attached hydrogens (tertiary/aromatic N) is 1. The lowest BCUT2D eigenvalue weighted by Crippen LogP contribution is -2.44. The number of benzene rings is 2. The van der Waals surface area contributed by atoms with Crippen molar-refractivity contribution in [3.05, 3.63) is 64.2 Å². The van der Waals surface area contributed by atoms with E-state index in [1.165, 1.54) is 4.90 Å². The molecule has 0 unspecified atom stereocenters. The van der Waals surface area contributed by atoms with E-state index in [4.69, 9.17) is 21.1 Å². The molecule has 2 aliphatic heterocycles. The summed E-state index contributed by atoms with van der Waals surface area (Å²) < 4.78 is 11.0. The van der Waals surface area contributed by atoms with Crippen LogP contribution < -0.4 is 10.1 Å². The van der Waals surface area contributed by atoms with Gasteiger partial charge in [-0.1, -0.05) is 61.7 Å². The van der Waals surface area contributed by atoms with Crippen LogP contribution in [0.5, 0.6) is 5.75 Å². The van der Waals surface area contributed by atoms with Gasteiger partial charge in [0.25, 0.3) is 5.91 Å². The van der Waals surface area contributed by atoms with Crippen molar-refractivity contribution in [1.82, 2.24) is 10.2 Å². The van der Waals surface area contributed by atoms with E-state index in [1.54, 1.807) is 12.1 Å². The van der Waals surface area contributed by atoms with E-state index in [2.05, 4.69) is 12.2 Å². The second-order valence-electron chi connectivity index (χ2n) is 7.36. The molecule has 4 rings (SSSR count). The van der Waals surface area contributed by atoms with Crippen molar-refractivity contribution in [3.63, 3.8) is 0 Å². The van der Waals surface area contributed by atoms with Crippen LogP contribution in [0, 0.1) is 0 Å². The van der Waals surface area contributed by atoms with Gasteiger partial charge in [-0.05, 0) is 24.1 Å². The highest BCUT2D eigenvalue weighted by atomic mass is 35.5. The smallest absolute Gasteiger partial charge is 0.325 e. The van der Waals surface area contributed by atoms with E-state index in [1.807, 2.05) is 30.3 Å². The summed E-state index contributed by atoms with van der Waals surface area (Å²) in [6.45, 7) is 2.67. The van der Waals surface area contributed by atoms with Crippen LogP contribution in [-0.4, -0.2) is 23.6 Å². The monoisotopic (exact) mass is 414 g/mol. The number of hydrogen-bond donors (Lipinski definition) is 1. The molecule has 152 valence electrons. The molecule has 1 saturated heterocycles. The number of ether oxygens (including phenoxy) is 2. The van der Waals surface area contributed by atoms with Crippen LogP contribution in [0.4, 0.5) is 4.79 Å². The Morgan fingerprint density at radius 1 is 1.21 bits per heavy atom. The molecule has 6 nitrogen and oxygen atoms in total. The number of fused-ring (bicyclic) bond motifs is 1. The summed E-state index contributed by atoms with van der Waals surface area (Å²) >= 11 is 6.25. The summed E-state index contributed by atoms with van der Waals surface area (Å²) in [6, 6.07) is 12.5. The summed E-state index contributed by atoms with van der Waals surface area (Å²) in [6.07, 6.45) is 2.29. The molecule has 29 heavy (non-hydrogen) atoms. The summed E-state index contributed by atoms with van der Waals surface area (Å²) in [4.78, 5) is 27.7. The third-order valence-electron chi connectivity index (χ3n) is 5.43. The van der Waals surface area contributed by atoms with Gasteiger partial charge in [0.2, 0.25) is 0 Å². The van der Waals surface area contributed by atoms with E-state index in [0.717, 1.165) is 24.0 Å². The minimum absolute atomic E-state index is 0.0915. The standard InChI is InChI=1S/C22H23ClN2O4/c1-2-3-9-22(17-7-5-4-6-8-17)20(26)25(21(27)24-22)12-15-10-18(23)11-16-13-28-14-29-19(15)16/h4-8,10-11H,2-3,9,12-14H2,1H3,(H,24,27)/t22-/m1/s1. The molecule has 2 aromatic rings. The number of nitrogens with one attached hydrogen (secondary N) is 1. The highest BCUT2D eigenvalue weighted by molar-refractivity contribution is 6.30. The fourth-order valence-corrected chi connectivity index (χ4v) is 4.25. The number of imide groups is 1.